The number of nitrogens with zero attached hydrogens (tertiary/aromatic N) is 2. The molecule has 5 rings (SSSR count). The molecule has 162 valence electrons. The third kappa shape index (κ3) is 3.73. The molecule has 0 unspecified atom stereocenters. The molecule has 0 aliphatic heterocycles. The van der Waals surface area contributed by atoms with Crippen LogP contribution in [0.1, 0.15) is 22.5 Å². The minimum Gasteiger partial charge on any atom is -0.497 e. The van der Waals surface area contributed by atoms with E-state index < -0.39 is 0 Å². The quantitative estimate of drug-likeness (QED) is 0.300. The molecule has 3 heterocycles. The van der Waals surface area contributed by atoms with E-state index in [1.807, 2.05) is 25.1 Å². The number of hydrogen-bond acceptors (Lipinski definition) is 5. The van der Waals surface area contributed by atoms with Crippen LogP contribution in [0.15, 0.2) is 48.7 Å². The maximum Gasteiger partial charge on any atom is 0.222 e. The van der Waals surface area contributed by atoms with E-state index in [9.17, 15) is 0 Å². The lowest BCUT2D eigenvalue weighted by atomic mass is 10.0. The molecule has 0 radical (unpaired) electrons. The third-order valence-electron chi connectivity index (χ3n) is 5.89. The van der Waals surface area contributed by atoms with Gasteiger partial charge in [-0.25, -0.2) is 4.98 Å². The summed E-state index contributed by atoms with van der Waals surface area (Å²) in [4.78, 5) is 15.7. The van der Waals surface area contributed by atoms with Gasteiger partial charge in [-0.05, 0) is 68.7 Å². The number of aromatic amines is 2. The first-order valence-corrected chi connectivity index (χ1v) is 10.6. The Kier molecular flexibility index (Phi) is 4.93. The number of ether oxygens (including phenoxy) is 1. The zero-order valence-corrected chi connectivity index (χ0v) is 18.4. The summed E-state index contributed by atoms with van der Waals surface area (Å²) >= 11 is 0. The second kappa shape index (κ2) is 7.92. The molecule has 5 aromatic rings. The minimum absolute atomic E-state index is 0.273. The number of aromatic nitrogens is 4. The molecule has 0 saturated carbocycles. The minimum atomic E-state index is 0.273. The normalized spacial score (nSPS) is 11.3. The average Bonchev–Trinajstić information content (AvgIpc) is 3.36. The Morgan fingerprint density at radius 3 is 2.72 bits per heavy atom. The van der Waals surface area contributed by atoms with Crippen LogP contribution in [-0.2, 0) is 12.8 Å². The second-order valence-corrected chi connectivity index (χ2v) is 8.11. The fourth-order valence-electron chi connectivity index (χ4n) is 4.19. The number of rotatable bonds is 6. The van der Waals surface area contributed by atoms with Crippen LogP contribution in [-0.4, -0.2) is 27.0 Å². The zero-order chi connectivity index (χ0) is 22.2. The number of aryl methyl sites for hydroxylation is 3. The van der Waals surface area contributed by atoms with Crippen LogP contribution in [0.4, 0.5) is 17.5 Å². The lowest BCUT2D eigenvalue weighted by Gasteiger charge is -2.13. The van der Waals surface area contributed by atoms with E-state index in [2.05, 4.69) is 62.6 Å². The highest BCUT2D eigenvalue weighted by molar-refractivity contribution is 5.85. The van der Waals surface area contributed by atoms with Crippen LogP contribution in [0.25, 0.3) is 21.8 Å². The van der Waals surface area contributed by atoms with E-state index in [1.54, 1.807) is 7.11 Å². The fraction of sp³-hybridized carbons (Fsp3) is 0.200. The highest BCUT2D eigenvalue weighted by Gasteiger charge is 2.12. The number of nitrogens with one attached hydrogen (secondary N) is 3. The van der Waals surface area contributed by atoms with Gasteiger partial charge in [0.15, 0.2) is 0 Å². The first-order valence-electron chi connectivity index (χ1n) is 10.6. The van der Waals surface area contributed by atoms with Crippen LogP contribution >= 0.6 is 0 Å². The van der Waals surface area contributed by atoms with Crippen molar-refractivity contribution in [3.05, 3.63) is 71.2 Å². The molecule has 32 heavy (non-hydrogen) atoms. The standard InChI is InChI=1S/C25H26N6O/c1-14-10-17-11-18(5-9-22(17)28-14)29-24-15(2)21(30-25(26)31-24)8-4-16-13-27-23-12-19(32-3)6-7-20(16)23/h5-7,9-13,27-28H,4,8H2,1-3H3,(H3,26,29,30,31). The number of nitrogen functional groups attached to an aromatic ring is 1. The van der Waals surface area contributed by atoms with Gasteiger partial charge in [-0.3, -0.25) is 0 Å². The molecule has 0 atom stereocenters. The van der Waals surface area contributed by atoms with Crippen LogP contribution in [0, 0.1) is 13.8 Å². The van der Waals surface area contributed by atoms with Crippen molar-refractivity contribution in [3.63, 3.8) is 0 Å². The van der Waals surface area contributed by atoms with Crippen molar-refractivity contribution >= 4 is 39.3 Å². The number of fused-ring (bicyclic) bond motifs is 2. The summed E-state index contributed by atoms with van der Waals surface area (Å²) in [6.07, 6.45) is 3.66. The molecule has 0 spiro atoms. The predicted molar refractivity (Wildman–Crippen MR) is 130 cm³/mol. The summed E-state index contributed by atoms with van der Waals surface area (Å²) in [6.45, 7) is 4.09. The molecular weight excluding hydrogens is 400 g/mol. The predicted octanol–water partition coefficient (Wildman–Crippen LogP) is 5.18. The number of anilines is 3. The maximum absolute atomic E-state index is 6.06. The summed E-state index contributed by atoms with van der Waals surface area (Å²) < 4.78 is 5.32. The van der Waals surface area contributed by atoms with E-state index in [1.165, 1.54) is 10.9 Å². The van der Waals surface area contributed by atoms with E-state index in [-0.39, 0.29) is 5.95 Å². The molecule has 0 aliphatic rings. The average molecular weight is 427 g/mol. The van der Waals surface area contributed by atoms with Crippen molar-refractivity contribution in [3.8, 4) is 5.75 Å². The van der Waals surface area contributed by atoms with Gasteiger partial charge in [0, 0.05) is 51.0 Å². The summed E-state index contributed by atoms with van der Waals surface area (Å²) in [5.74, 6) is 1.85. The van der Waals surface area contributed by atoms with Crippen molar-refractivity contribution in [1.29, 1.82) is 0 Å². The first-order chi connectivity index (χ1) is 15.5. The van der Waals surface area contributed by atoms with Gasteiger partial charge >= 0.3 is 0 Å². The highest BCUT2D eigenvalue weighted by atomic mass is 16.5. The Bertz CT molecular complexity index is 1430. The molecule has 2 aromatic carbocycles. The molecule has 7 nitrogen and oxygen atoms in total. The Labute approximate surface area is 186 Å². The molecule has 0 saturated heterocycles. The molecule has 3 aromatic heterocycles. The van der Waals surface area contributed by atoms with Gasteiger partial charge in [0.05, 0.1) is 12.8 Å². The van der Waals surface area contributed by atoms with Crippen molar-refractivity contribution in [2.45, 2.75) is 26.7 Å². The van der Waals surface area contributed by atoms with Gasteiger partial charge in [-0.2, -0.15) is 4.98 Å². The van der Waals surface area contributed by atoms with E-state index >= 15 is 0 Å². The van der Waals surface area contributed by atoms with Crippen molar-refractivity contribution in [1.82, 2.24) is 19.9 Å². The van der Waals surface area contributed by atoms with Crippen LogP contribution in [0.5, 0.6) is 5.75 Å². The first kappa shape index (κ1) is 19.9. The largest absolute Gasteiger partial charge is 0.497 e. The fourth-order valence-corrected chi connectivity index (χ4v) is 4.19. The summed E-state index contributed by atoms with van der Waals surface area (Å²) in [7, 11) is 1.68. The number of H-pyrrole nitrogens is 2. The van der Waals surface area contributed by atoms with Crippen LogP contribution in [0.3, 0.4) is 0 Å². The zero-order valence-electron chi connectivity index (χ0n) is 18.4. The summed E-state index contributed by atoms with van der Waals surface area (Å²) in [6, 6.07) is 14.4. The number of hydrogen-bond donors (Lipinski definition) is 4. The summed E-state index contributed by atoms with van der Waals surface area (Å²) in [5, 5.41) is 5.77. The molecule has 0 amide bonds. The molecule has 0 fully saturated rings. The van der Waals surface area contributed by atoms with Crippen molar-refractivity contribution in [2.75, 3.05) is 18.2 Å². The molecule has 0 bridgehead atoms. The Morgan fingerprint density at radius 1 is 1.00 bits per heavy atom. The van der Waals surface area contributed by atoms with E-state index in [0.717, 1.165) is 63.5 Å². The van der Waals surface area contributed by atoms with Crippen molar-refractivity contribution in [2.24, 2.45) is 0 Å². The SMILES string of the molecule is COc1ccc2c(CCc3nc(N)nc(Nc4ccc5[nH]c(C)cc5c4)c3C)c[nH]c2c1. The monoisotopic (exact) mass is 426 g/mol. The smallest absolute Gasteiger partial charge is 0.222 e. The van der Waals surface area contributed by atoms with Crippen LogP contribution < -0.4 is 15.8 Å². The topological polar surface area (TPSA) is 105 Å². The number of benzene rings is 2. The van der Waals surface area contributed by atoms with E-state index in [4.69, 9.17) is 10.5 Å². The van der Waals surface area contributed by atoms with Gasteiger partial charge < -0.3 is 25.8 Å². The van der Waals surface area contributed by atoms with Gasteiger partial charge in [0.1, 0.15) is 11.6 Å². The lowest BCUT2D eigenvalue weighted by Crippen LogP contribution is -2.08. The Balaban J connectivity index is 1.39. The maximum atomic E-state index is 6.06. The van der Waals surface area contributed by atoms with E-state index in [0.29, 0.717) is 0 Å². The molecular formula is C25H26N6O. The second-order valence-electron chi connectivity index (χ2n) is 8.11. The molecule has 0 aliphatic carbocycles. The van der Waals surface area contributed by atoms with Gasteiger partial charge in [-0.1, -0.05) is 0 Å². The Morgan fingerprint density at radius 2 is 1.88 bits per heavy atom. The lowest BCUT2D eigenvalue weighted by molar-refractivity contribution is 0.415. The van der Waals surface area contributed by atoms with Crippen LogP contribution in [0.2, 0.25) is 0 Å². The number of nitrogens with two attached hydrogens (primary N) is 1. The van der Waals surface area contributed by atoms with Gasteiger partial charge in [0.25, 0.3) is 0 Å². The summed E-state index contributed by atoms with van der Waals surface area (Å²) in [5.41, 5.74) is 13.5. The third-order valence-corrected chi connectivity index (χ3v) is 5.89. The van der Waals surface area contributed by atoms with Gasteiger partial charge in [-0.15, -0.1) is 0 Å². The highest BCUT2D eigenvalue weighted by Crippen LogP contribution is 2.27. The van der Waals surface area contributed by atoms with Crippen molar-refractivity contribution < 1.29 is 4.74 Å². The molecule has 5 N–H and O–H groups in total. The molecule has 7 heteroatoms. The van der Waals surface area contributed by atoms with Gasteiger partial charge in [0.2, 0.25) is 5.95 Å². The Hall–Kier alpha value is -4.00. The number of methoxy groups -OCH3 is 1.